The molecule has 1 aromatic carbocycles. The van der Waals surface area contributed by atoms with E-state index in [2.05, 4.69) is 0 Å². The minimum absolute atomic E-state index is 0.249. The van der Waals surface area contributed by atoms with Crippen LogP contribution >= 0.6 is 22.9 Å². The Kier molecular flexibility index (Phi) is 1.81. The van der Waals surface area contributed by atoms with Gasteiger partial charge < -0.3 is 0 Å². The van der Waals surface area contributed by atoms with E-state index in [4.69, 9.17) is 11.6 Å². The van der Waals surface area contributed by atoms with Crippen LogP contribution in [0.2, 0.25) is 5.02 Å². The maximum atomic E-state index is 13.0. The summed E-state index contributed by atoms with van der Waals surface area (Å²) in [5, 5.41) is 0.773. The highest BCUT2D eigenvalue weighted by molar-refractivity contribution is 7.18. The molecule has 0 aliphatic heterocycles. The van der Waals surface area contributed by atoms with E-state index in [-0.39, 0.29) is 10.2 Å². The molecule has 0 radical (unpaired) electrons. The second-order valence-corrected chi connectivity index (χ2v) is 4.07. The molecule has 0 aliphatic carbocycles. The van der Waals surface area contributed by atoms with E-state index in [0.717, 1.165) is 27.0 Å². The van der Waals surface area contributed by atoms with Crippen LogP contribution in [0, 0.1) is 12.1 Å². The van der Waals surface area contributed by atoms with Crippen LogP contribution in [0.1, 0.15) is 5.56 Å². The van der Waals surface area contributed by atoms with Crippen molar-refractivity contribution < 1.29 is 4.39 Å². The summed E-state index contributed by atoms with van der Waals surface area (Å²) in [7, 11) is 0. The van der Waals surface area contributed by atoms with Crippen LogP contribution in [-0.4, -0.2) is 0 Å². The summed E-state index contributed by atoms with van der Waals surface area (Å²) < 4.78 is 13.9. The lowest BCUT2D eigenvalue weighted by molar-refractivity contribution is 0.658. The van der Waals surface area contributed by atoms with Gasteiger partial charge in [0.25, 0.3) is 0 Å². The molecule has 0 aliphatic rings. The monoisotopic (exact) mass is 200 g/mol. The Morgan fingerprint density at radius 3 is 2.92 bits per heavy atom. The number of hydrogen-bond donors (Lipinski definition) is 0. The summed E-state index contributed by atoms with van der Waals surface area (Å²) in [6.45, 7) is 1.96. The third kappa shape index (κ3) is 1.11. The molecule has 62 valence electrons. The number of rotatable bonds is 0. The Labute approximate surface area is 78.6 Å². The number of fused-ring (bicyclic) bond motifs is 1. The highest BCUT2D eigenvalue weighted by Gasteiger charge is 2.08. The molecule has 0 saturated heterocycles. The van der Waals surface area contributed by atoms with E-state index in [1.165, 1.54) is 0 Å². The molecule has 0 saturated carbocycles. The van der Waals surface area contributed by atoms with E-state index in [1.807, 2.05) is 25.1 Å². The minimum Gasteiger partial charge on any atom is -0.193 e. The first-order valence-corrected chi connectivity index (χ1v) is 4.72. The average Bonchev–Trinajstić information content (AvgIpc) is 2.31. The molecule has 0 nitrogen and oxygen atoms in total. The highest BCUT2D eigenvalue weighted by Crippen LogP contribution is 2.34. The van der Waals surface area contributed by atoms with E-state index in [0.29, 0.717) is 0 Å². The Balaban J connectivity index is 2.88. The van der Waals surface area contributed by atoms with E-state index < -0.39 is 0 Å². The van der Waals surface area contributed by atoms with Crippen LogP contribution in [-0.2, 0) is 0 Å². The van der Waals surface area contributed by atoms with Crippen molar-refractivity contribution >= 4 is 33.0 Å². The Bertz CT molecular complexity index is 433. The maximum absolute atomic E-state index is 13.0. The van der Waals surface area contributed by atoms with Crippen molar-refractivity contribution in [3.63, 3.8) is 0 Å². The lowest BCUT2D eigenvalue weighted by atomic mass is 10.2. The summed E-state index contributed by atoms with van der Waals surface area (Å²) in [5.74, 6) is 0. The molecule has 0 spiro atoms. The van der Waals surface area contributed by atoms with Crippen molar-refractivity contribution in [2.75, 3.05) is 0 Å². The van der Waals surface area contributed by atoms with Crippen LogP contribution in [0.5, 0.6) is 0 Å². The summed E-state index contributed by atoms with van der Waals surface area (Å²) in [6.07, 6.45) is 0. The Morgan fingerprint density at radius 1 is 1.42 bits per heavy atom. The zero-order chi connectivity index (χ0) is 8.72. The summed E-state index contributed by atoms with van der Waals surface area (Å²) >= 11 is 6.84. The average molecular weight is 201 g/mol. The molecule has 1 heterocycles. The standard InChI is InChI=1S/C9H6ClFS/c1-5-2-3-7-6(4-5)8(10)9(11)12-7/h2-4H,1H3. The van der Waals surface area contributed by atoms with Crippen molar-refractivity contribution in [3.8, 4) is 0 Å². The third-order valence-electron chi connectivity index (χ3n) is 1.74. The summed E-state index contributed by atoms with van der Waals surface area (Å²) in [6, 6.07) is 5.75. The number of halogens is 2. The van der Waals surface area contributed by atoms with Gasteiger partial charge in [-0.2, -0.15) is 4.39 Å². The molecule has 0 bridgehead atoms. The van der Waals surface area contributed by atoms with Crippen LogP contribution in [0.4, 0.5) is 4.39 Å². The van der Waals surface area contributed by atoms with E-state index in [9.17, 15) is 4.39 Å². The summed E-state index contributed by atoms with van der Waals surface area (Å²) in [5.41, 5.74) is 1.10. The zero-order valence-corrected chi connectivity index (χ0v) is 7.97. The molecule has 3 heteroatoms. The lowest BCUT2D eigenvalue weighted by Gasteiger charge is -1.91. The molecule has 0 amide bonds. The second kappa shape index (κ2) is 2.71. The molecule has 12 heavy (non-hydrogen) atoms. The van der Waals surface area contributed by atoms with Gasteiger partial charge in [0.1, 0.15) is 0 Å². The molecule has 2 aromatic rings. The first-order valence-electron chi connectivity index (χ1n) is 3.52. The fourth-order valence-corrected chi connectivity index (χ4v) is 2.28. The quantitative estimate of drug-likeness (QED) is 0.603. The van der Waals surface area contributed by atoms with Crippen molar-refractivity contribution in [1.82, 2.24) is 0 Å². The number of hydrogen-bond acceptors (Lipinski definition) is 1. The van der Waals surface area contributed by atoms with Crippen molar-refractivity contribution in [3.05, 3.63) is 33.9 Å². The Hall–Kier alpha value is -0.600. The van der Waals surface area contributed by atoms with Crippen LogP contribution in [0.3, 0.4) is 0 Å². The lowest BCUT2D eigenvalue weighted by Crippen LogP contribution is -1.69. The third-order valence-corrected chi connectivity index (χ3v) is 3.18. The van der Waals surface area contributed by atoms with Gasteiger partial charge in [-0.25, -0.2) is 0 Å². The van der Waals surface area contributed by atoms with Gasteiger partial charge >= 0.3 is 0 Å². The molecule has 0 atom stereocenters. The Morgan fingerprint density at radius 2 is 2.17 bits per heavy atom. The second-order valence-electron chi connectivity index (χ2n) is 2.69. The number of thiophene rings is 1. The van der Waals surface area contributed by atoms with Gasteiger partial charge in [-0.3, -0.25) is 0 Å². The van der Waals surface area contributed by atoms with Crippen molar-refractivity contribution in [2.24, 2.45) is 0 Å². The minimum atomic E-state index is -0.294. The topological polar surface area (TPSA) is 0 Å². The van der Waals surface area contributed by atoms with Crippen LogP contribution < -0.4 is 0 Å². The predicted octanol–water partition coefficient (Wildman–Crippen LogP) is 4.00. The fourth-order valence-electron chi connectivity index (χ4n) is 1.15. The van der Waals surface area contributed by atoms with E-state index >= 15 is 0 Å². The van der Waals surface area contributed by atoms with Gasteiger partial charge in [0.05, 0.1) is 5.02 Å². The molecular weight excluding hydrogens is 195 g/mol. The smallest absolute Gasteiger partial charge is 0.193 e. The van der Waals surface area contributed by atoms with Gasteiger partial charge in [-0.15, -0.1) is 11.3 Å². The first kappa shape index (κ1) is 8.02. The van der Waals surface area contributed by atoms with Gasteiger partial charge in [-0.1, -0.05) is 23.2 Å². The van der Waals surface area contributed by atoms with Crippen LogP contribution in [0.25, 0.3) is 10.1 Å². The van der Waals surface area contributed by atoms with Gasteiger partial charge in [-0.05, 0) is 19.1 Å². The normalized spacial score (nSPS) is 10.9. The molecule has 0 unspecified atom stereocenters. The summed E-state index contributed by atoms with van der Waals surface area (Å²) in [4.78, 5) is 0. The highest BCUT2D eigenvalue weighted by atomic mass is 35.5. The van der Waals surface area contributed by atoms with Gasteiger partial charge in [0.2, 0.25) is 0 Å². The van der Waals surface area contributed by atoms with Gasteiger partial charge in [0, 0.05) is 10.1 Å². The molecule has 0 fully saturated rings. The van der Waals surface area contributed by atoms with Gasteiger partial charge in [0.15, 0.2) is 5.13 Å². The molecule has 0 N–H and O–H groups in total. The first-order chi connectivity index (χ1) is 5.68. The number of benzene rings is 1. The molecular formula is C9H6ClFS. The van der Waals surface area contributed by atoms with Crippen molar-refractivity contribution in [2.45, 2.75) is 6.92 Å². The number of aryl methyl sites for hydroxylation is 1. The zero-order valence-electron chi connectivity index (χ0n) is 6.40. The largest absolute Gasteiger partial charge is 0.196 e. The van der Waals surface area contributed by atoms with Crippen molar-refractivity contribution in [1.29, 1.82) is 0 Å². The fraction of sp³-hybridized carbons (Fsp3) is 0.111. The maximum Gasteiger partial charge on any atom is 0.196 e. The molecule has 1 aromatic heterocycles. The van der Waals surface area contributed by atoms with Crippen LogP contribution in [0.15, 0.2) is 18.2 Å². The van der Waals surface area contributed by atoms with E-state index in [1.54, 1.807) is 0 Å². The molecule has 2 rings (SSSR count). The SMILES string of the molecule is Cc1ccc2sc(F)c(Cl)c2c1. The predicted molar refractivity (Wildman–Crippen MR) is 51.5 cm³/mol.